The van der Waals surface area contributed by atoms with Crippen molar-refractivity contribution in [1.29, 1.82) is 0 Å². The van der Waals surface area contributed by atoms with Crippen LogP contribution in [-0.4, -0.2) is 212 Å². The van der Waals surface area contributed by atoms with Gasteiger partial charge in [0, 0.05) is 40.9 Å². The van der Waals surface area contributed by atoms with E-state index in [0.717, 1.165) is 17.3 Å². The summed E-state index contributed by atoms with van der Waals surface area (Å²) in [7, 11) is 3.30. The quantitative estimate of drug-likeness (QED) is 0.0596. The van der Waals surface area contributed by atoms with Crippen molar-refractivity contribution in [1.82, 2.24) is 0 Å². The van der Waals surface area contributed by atoms with Crippen molar-refractivity contribution < 1.29 is 75.8 Å². The van der Waals surface area contributed by atoms with Crippen LogP contribution in [0.15, 0.2) is 40.9 Å². The molecule has 0 amide bonds. The summed E-state index contributed by atoms with van der Waals surface area (Å²) in [6.45, 7) is 15.8. The molecule has 3 rings (SSSR count). The molecule has 0 N–H and O–H groups in total. The van der Waals surface area contributed by atoms with Crippen LogP contribution in [0.5, 0.6) is 0 Å². The highest BCUT2D eigenvalue weighted by atomic mass is 127. The number of ether oxygens (including phenoxy) is 16. The maximum atomic E-state index is 6.18. The van der Waals surface area contributed by atoms with Gasteiger partial charge in [-0.25, -0.2) is 0 Å². The zero-order valence-corrected chi connectivity index (χ0v) is 42.6. The van der Waals surface area contributed by atoms with Crippen molar-refractivity contribution in [3.8, 4) is 11.1 Å². The van der Waals surface area contributed by atoms with Gasteiger partial charge in [-0.2, -0.15) is 0 Å². The Bertz CT molecular complexity index is 1310. The fourth-order valence-electron chi connectivity index (χ4n) is 6.72. The van der Waals surface area contributed by atoms with Crippen LogP contribution in [0.2, 0.25) is 0 Å². The lowest BCUT2D eigenvalue weighted by molar-refractivity contribution is -0.0231. The summed E-state index contributed by atoms with van der Waals surface area (Å²) in [5, 5.41) is 0. The van der Waals surface area contributed by atoms with Crippen LogP contribution >= 0.6 is 38.5 Å². The van der Waals surface area contributed by atoms with Crippen LogP contribution < -0.4 is 0 Å². The van der Waals surface area contributed by atoms with Crippen molar-refractivity contribution in [2.24, 2.45) is 0 Å². The smallest absolute Gasteiger partial charge is 0.0701 e. The molecule has 0 heterocycles. The first-order chi connectivity index (χ1) is 32.1. The van der Waals surface area contributed by atoms with E-state index in [1.54, 1.807) is 14.2 Å². The van der Waals surface area contributed by atoms with Gasteiger partial charge in [-0.3, -0.25) is 0 Å². The van der Waals surface area contributed by atoms with Crippen LogP contribution in [0.1, 0.15) is 24.0 Å². The summed E-state index contributed by atoms with van der Waals surface area (Å²) < 4.78 is 91.1. The lowest BCUT2D eigenvalue weighted by Crippen LogP contribution is -2.30. The van der Waals surface area contributed by atoms with Gasteiger partial charge in [-0.15, -0.1) is 0 Å². The molecule has 0 fully saturated rings. The van der Waals surface area contributed by atoms with Crippen LogP contribution in [0.4, 0.5) is 0 Å². The first-order valence-corrected chi connectivity index (χ1v) is 24.7. The van der Waals surface area contributed by atoms with E-state index in [4.69, 9.17) is 75.8 Å². The van der Waals surface area contributed by atoms with Gasteiger partial charge in [-0.1, -0.05) is 28.1 Å². The Morgan fingerprint density at radius 3 is 0.877 bits per heavy atom. The fourth-order valence-corrected chi connectivity index (χ4v) is 7.58. The molecule has 1 aliphatic carbocycles. The summed E-state index contributed by atoms with van der Waals surface area (Å²) in [6.07, 6.45) is 1.62. The number of methoxy groups -OCH3 is 2. The Morgan fingerprint density at radius 1 is 0.338 bits per heavy atom. The summed E-state index contributed by atoms with van der Waals surface area (Å²) in [4.78, 5) is 0. The molecule has 1 aliphatic rings. The van der Waals surface area contributed by atoms with Gasteiger partial charge in [-0.05, 0) is 82.0 Å². The van der Waals surface area contributed by atoms with Gasteiger partial charge in [0.25, 0.3) is 0 Å². The van der Waals surface area contributed by atoms with Crippen LogP contribution in [0.25, 0.3) is 11.1 Å². The molecule has 0 aromatic heterocycles. The maximum Gasteiger partial charge on any atom is 0.0701 e. The second-order valence-corrected chi connectivity index (χ2v) is 16.7. The molecule has 0 aliphatic heterocycles. The van der Waals surface area contributed by atoms with Crippen molar-refractivity contribution in [3.05, 3.63) is 55.6 Å². The Kier molecular flexibility index (Phi) is 36.7. The summed E-state index contributed by atoms with van der Waals surface area (Å²) in [5.74, 6) is 0. The Balaban J connectivity index is 1.21. The van der Waals surface area contributed by atoms with Gasteiger partial charge in [0.15, 0.2) is 0 Å². The fraction of sp³-hybridized carbons (Fsp3) is 0.745. The van der Waals surface area contributed by atoms with E-state index in [2.05, 4.69) is 74.9 Å². The molecule has 0 bridgehead atoms. The molecular weight excluding hydrogens is 1030 g/mol. The molecule has 0 unspecified atom stereocenters. The molecule has 2 aromatic rings. The number of benzene rings is 2. The number of fused-ring (bicyclic) bond motifs is 3. The lowest BCUT2D eigenvalue weighted by atomic mass is 9.73. The minimum atomic E-state index is -0.260. The number of halogens is 2. The average molecular weight is 1100 g/mol. The number of hydrogen-bond donors (Lipinski definition) is 0. The van der Waals surface area contributed by atoms with Crippen molar-refractivity contribution in [3.63, 3.8) is 0 Å². The Morgan fingerprint density at radius 2 is 0.585 bits per heavy atom. The molecule has 0 saturated carbocycles. The number of hydrogen-bond acceptors (Lipinski definition) is 16. The largest absolute Gasteiger partial charge is 0.382 e. The van der Waals surface area contributed by atoms with Gasteiger partial charge in [0.1, 0.15) is 0 Å². The lowest BCUT2D eigenvalue weighted by Gasteiger charge is -2.32. The maximum absolute atomic E-state index is 6.18. The van der Waals surface area contributed by atoms with Gasteiger partial charge in [0.05, 0.1) is 185 Å². The predicted octanol–water partition coefficient (Wildman–Crippen LogP) is 5.63. The zero-order valence-electron chi connectivity index (χ0n) is 38.9. The third-order valence-electron chi connectivity index (χ3n) is 9.96. The third-order valence-corrected chi connectivity index (χ3v) is 11.1. The first-order valence-electron chi connectivity index (χ1n) is 22.8. The topological polar surface area (TPSA) is 148 Å². The average Bonchev–Trinajstić information content (AvgIpc) is 3.56. The van der Waals surface area contributed by atoms with E-state index in [1.807, 2.05) is 0 Å². The molecule has 0 radical (unpaired) electrons. The van der Waals surface area contributed by atoms with Gasteiger partial charge in [0.2, 0.25) is 0 Å². The normalized spacial score (nSPS) is 12.9. The minimum Gasteiger partial charge on any atom is -0.382 e. The first kappa shape index (κ1) is 58.3. The van der Waals surface area contributed by atoms with Crippen molar-refractivity contribution >= 4 is 38.5 Å². The van der Waals surface area contributed by atoms with E-state index in [1.165, 1.54) is 25.8 Å². The highest BCUT2D eigenvalue weighted by molar-refractivity contribution is 14.1. The molecular formula is C47H76BrIO16. The third kappa shape index (κ3) is 27.1. The highest BCUT2D eigenvalue weighted by Gasteiger charge is 2.43. The van der Waals surface area contributed by atoms with Crippen molar-refractivity contribution in [2.45, 2.75) is 18.3 Å². The summed E-state index contributed by atoms with van der Waals surface area (Å²) in [6, 6.07) is 13.3. The zero-order chi connectivity index (χ0) is 46.1. The highest BCUT2D eigenvalue weighted by Crippen LogP contribution is 2.53. The van der Waals surface area contributed by atoms with E-state index in [9.17, 15) is 0 Å². The SMILES string of the molecule is COCCOCCOCCOCCOCCOCCOCCOCCC1(CCOCCOCCOCCOCCOCCOCCOCCOC)c2cc(Br)ccc2-c2ccc(I)cc21. The second-order valence-electron chi connectivity index (χ2n) is 14.5. The summed E-state index contributed by atoms with van der Waals surface area (Å²) in [5.41, 5.74) is 4.89. The molecule has 65 heavy (non-hydrogen) atoms. The molecule has 2 aromatic carbocycles. The van der Waals surface area contributed by atoms with Crippen LogP contribution in [0.3, 0.4) is 0 Å². The van der Waals surface area contributed by atoms with Gasteiger partial charge >= 0.3 is 0 Å². The predicted molar refractivity (Wildman–Crippen MR) is 258 cm³/mol. The molecule has 0 spiro atoms. The molecule has 18 heteroatoms. The second kappa shape index (κ2) is 40.9. The van der Waals surface area contributed by atoms with E-state index < -0.39 is 0 Å². The molecule has 0 saturated heterocycles. The van der Waals surface area contributed by atoms with E-state index in [0.29, 0.717) is 198 Å². The van der Waals surface area contributed by atoms with E-state index in [-0.39, 0.29) is 5.41 Å². The Hall–Kier alpha value is -0.990. The minimum absolute atomic E-state index is 0.260. The monoisotopic (exact) mass is 1100 g/mol. The molecule has 16 nitrogen and oxygen atoms in total. The van der Waals surface area contributed by atoms with Crippen LogP contribution in [-0.2, 0) is 81.2 Å². The van der Waals surface area contributed by atoms with E-state index >= 15 is 0 Å². The van der Waals surface area contributed by atoms with Gasteiger partial charge < -0.3 is 75.8 Å². The van der Waals surface area contributed by atoms with Crippen LogP contribution in [0, 0.1) is 3.57 Å². The van der Waals surface area contributed by atoms with Crippen molar-refractivity contribution in [2.75, 3.05) is 212 Å². The standard InChI is InChI=1S/C47H76BrIO16/c1-50-11-13-54-19-21-58-27-29-62-35-37-64-33-31-60-25-23-56-17-15-52-9-7-47(45-39-41(48)3-5-43(45)44-6-4-42(49)40-46(44)47)8-10-53-16-18-57-24-26-61-32-34-65-38-36-63-30-28-59-22-20-55-14-12-51-2/h3-6,39-40H,7-38H2,1-2H3. The summed E-state index contributed by atoms with van der Waals surface area (Å²) >= 11 is 6.15. The number of rotatable bonds is 48. The Labute approximate surface area is 409 Å². The molecule has 374 valence electrons. The molecule has 0 atom stereocenters.